The first kappa shape index (κ1) is 14.6. The van der Waals surface area contributed by atoms with Gasteiger partial charge in [0.25, 0.3) is 0 Å². The van der Waals surface area contributed by atoms with Crippen LogP contribution in [0.2, 0.25) is 0 Å². The molecule has 1 atom stereocenters. The molecule has 110 valence electrons. The van der Waals surface area contributed by atoms with Crippen molar-refractivity contribution in [3.05, 3.63) is 12.2 Å². The molecule has 6 heteroatoms. The minimum absolute atomic E-state index is 0.0459. The lowest BCUT2D eigenvalue weighted by molar-refractivity contribution is -0.154. The second-order valence-electron chi connectivity index (χ2n) is 5.98. The lowest BCUT2D eigenvalue weighted by Crippen LogP contribution is -2.67. The molecular formula is C14H21N3O3. The second kappa shape index (κ2) is 4.92. The number of rotatable bonds is 2. The maximum absolute atomic E-state index is 12.6. The molecule has 0 radical (unpaired) electrons. The smallest absolute Gasteiger partial charge is 0.245 e. The van der Waals surface area contributed by atoms with Gasteiger partial charge >= 0.3 is 0 Å². The molecule has 6 nitrogen and oxygen atoms in total. The van der Waals surface area contributed by atoms with Crippen LogP contribution in [-0.4, -0.2) is 59.7 Å². The van der Waals surface area contributed by atoms with Gasteiger partial charge in [-0.15, -0.1) is 0 Å². The lowest BCUT2D eigenvalue weighted by Gasteiger charge is -2.44. The Morgan fingerprint density at radius 2 is 2.00 bits per heavy atom. The monoisotopic (exact) mass is 279 g/mol. The summed E-state index contributed by atoms with van der Waals surface area (Å²) in [7, 11) is 0. The van der Waals surface area contributed by atoms with Crippen LogP contribution in [0, 0.1) is 5.41 Å². The zero-order chi connectivity index (χ0) is 15.1. The fraction of sp³-hybridized carbons (Fsp3) is 0.643. The van der Waals surface area contributed by atoms with Gasteiger partial charge in [-0.2, -0.15) is 0 Å². The number of hydrogen-bond acceptors (Lipinski definition) is 3. The van der Waals surface area contributed by atoms with Gasteiger partial charge in [0.2, 0.25) is 17.7 Å². The Morgan fingerprint density at radius 3 is 2.60 bits per heavy atom. The van der Waals surface area contributed by atoms with Gasteiger partial charge in [-0.3, -0.25) is 14.4 Å². The minimum atomic E-state index is -0.655. The third-order valence-corrected chi connectivity index (χ3v) is 4.31. The van der Waals surface area contributed by atoms with Gasteiger partial charge in [-0.05, 0) is 20.8 Å². The van der Waals surface area contributed by atoms with Crippen molar-refractivity contribution < 1.29 is 14.4 Å². The van der Waals surface area contributed by atoms with Gasteiger partial charge in [-0.1, -0.05) is 12.2 Å². The zero-order valence-corrected chi connectivity index (χ0v) is 12.2. The van der Waals surface area contributed by atoms with E-state index in [-0.39, 0.29) is 30.8 Å². The molecular weight excluding hydrogens is 258 g/mol. The van der Waals surface area contributed by atoms with Crippen molar-refractivity contribution in [2.75, 3.05) is 26.2 Å². The maximum atomic E-state index is 12.6. The summed E-state index contributed by atoms with van der Waals surface area (Å²) >= 11 is 0. The van der Waals surface area contributed by atoms with E-state index in [0.29, 0.717) is 13.1 Å². The molecule has 0 aromatic rings. The predicted octanol–water partition coefficient (Wildman–Crippen LogP) is -0.242. The van der Waals surface area contributed by atoms with E-state index >= 15 is 0 Å². The van der Waals surface area contributed by atoms with Crippen LogP contribution in [0.3, 0.4) is 0 Å². The Kier molecular flexibility index (Phi) is 3.58. The van der Waals surface area contributed by atoms with Crippen LogP contribution in [-0.2, 0) is 14.4 Å². The topological polar surface area (TPSA) is 69.7 Å². The molecule has 2 aliphatic rings. The van der Waals surface area contributed by atoms with Gasteiger partial charge in [0.15, 0.2) is 0 Å². The molecule has 2 aliphatic heterocycles. The number of nitrogens with zero attached hydrogens (tertiary/aromatic N) is 2. The van der Waals surface area contributed by atoms with Crippen molar-refractivity contribution in [3.8, 4) is 0 Å². The molecule has 0 aromatic heterocycles. The second-order valence-corrected chi connectivity index (χ2v) is 5.98. The standard InChI is InChI=1S/C14H21N3O3/c1-9(2)14(3,4)13(20)16-5-6-17-10(8-16)12(19)15-7-11(17)18/h10H,1,5-8H2,2-4H3,(H,15,19). The van der Waals surface area contributed by atoms with E-state index in [9.17, 15) is 14.4 Å². The SMILES string of the molecule is C=C(C)C(C)(C)C(=O)N1CCN2C(=O)CNC(=O)C2C1. The average molecular weight is 279 g/mol. The number of piperazine rings is 2. The fourth-order valence-corrected chi connectivity index (χ4v) is 2.45. The molecule has 2 saturated heterocycles. The van der Waals surface area contributed by atoms with Crippen molar-refractivity contribution >= 4 is 17.7 Å². The molecule has 2 heterocycles. The van der Waals surface area contributed by atoms with Crippen LogP contribution >= 0.6 is 0 Å². The van der Waals surface area contributed by atoms with Crippen LogP contribution in [0.1, 0.15) is 20.8 Å². The number of hydrogen-bond donors (Lipinski definition) is 1. The van der Waals surface area contributed by atoms with E-state index in [1.807, 2.05) is 20.8 Å². The van der Waals surface area contributed by atoms with Crippen molar-refractivity contribution in [3.63, 3.8) is 0 Å². The van der Waals surface area contributed by atoms with E-state index in [1.165, 1.54) is 0 Å². The Labute approximate surface area is 118 Å². The van der Waals surface area contributed by atoms with Crippen LogP contribution in [0.15, 0.2) is 12.2 Å². The summed E-state index contributed by atoms with van der Waals surface area (Å²) in [5, 5.41) is 2.57. The van der Waals surface area contributed by atoms with E-state index in [0.717, 1.165) is 5.57 Å². The Balaban J connectivity index is 2.14. The summed E-state index contributed by atoms with van der Waals surface area (Å²) in [6.45, 7) is 10.5. The van der Waals surface area contributed by atoms with Crippen molar-refractivity contribution in [1.29, 1.82) is 0 Å². The third-order valence-electron chi connectivity index (χ3n) is 4.31. The largest absolute Gasteiger partial charge is 0.345 e. The van der Waals surface area contributed by atoms with Gasteiger partial charge in [0.1, 0.15) is 6.04 Å². The zero-order valence-electron chi connectivity index (χ0n) is 12.2. The summed E-state index contributed by atoms with van der Waals surface area (Å²) in [6, 6.07) is -0.560. The first-order chi connectivity index (χ1) is 9.25. The molecule has 0 saturated carbocycles. The number of carbonyl (C=O) groups is 3. The maximum Gasteiger partial charge on any atom is 0.245 e. The van der Waals surface area contributed by atoms with Gasteiger partial charge in [0, 0.05) is 13.1 Å². The highest BCUT2D eigenvalue weighted by molar-refractivity contribution is 5.96. The average Bonchev–Trinajstić information content (AvgIpc) is 2.41. The quantitative estimate of drug-likeness (QED) is 0.709. The Hall–Kier alpha value is -1.85. The fourth-order valence-electron chi connectivity index (χ4n) is 2.45. The molecule has 1 N–H and O–H groups in total. The van der Waals surface area contributed by atoms with Crippen molar-refractivity contribution in [2.24, 2.45) is 5.41 Å². The summed E-state index contributed by atoms with van der Waals surface area (Å²) in [5.74, 6) is -0.313. The first-order valence-electron chi connectivity index (χ1n) is 6.77. The summed E-state index contributed by atoms with van der Waals surface area (Å²) in [6.07, 6.45) is 0. The van der Waals surface area contributed by atoms with Crippen molar-refractivity contribution in [2.45, 2.75) is 26.8 Å². The molecule has 0 aromatic carbocycles. The highest BCUT2D eigenvalue weighted by Crippen LogP contribution is 2.28. The minimum Gasteiger partial charge on any atom is -0.345 e. The summed E-state index contributed by atoms with van der Waals surface area (Å²) < 4.78 is 0. The number of carbonyl (C=O) groups excluding carboxylic acids is 3. The number of amides is 3. The Bertz CT molecular complexity index is 484. The highest BCUT2D eigenvalue weighted by Gasteiger charge is 2.42. The number of fused-ring (bicyclic) bond motifs is 1. The first-order valence-corrected chi connectivity index (χ1v) is 6.77. The molecule has 2 rings (SSSR count). The van der Waals surface area contributed by atoms with Gasteiger partial charge in [0.05, 0.1) is 18.5 Å². The lowest BCUT2D eigenvalue weighted by atomic mass is 9.84. The van der Waals surface area contributed by atoms with E-state index in [4.69, 9.17) is 0 Å². The van der Waals surface area contributed by atoms with E-state index in [1.54, 1.807) is 9.80 Å². The van der Waals surface area contributed by atoms with E-state index < -0.39 is 11.5 Å². The molecule has 0 spiro atoms. The third kappa shape index (κ3) is 2.30. The Morgan fingerprint density at radius 1 is 1.35 bits per heavy atom. The normalized spacial score (nSPS) is 23.2. The molecule has 1 unspecified atom stereocenters. The summed E-state index contributed by atoms with van der Waals surface area (Å²) in [5.41, 5.74) is 0.131. The van der Waals surface area contributed by atoms with Crippen LogP contribution in [0.5, 0.6) is 0 Å². The van der Waals surface area contributed by atoms with Crippen molar-refractivity contribution in [1.82, 2.24) is 15.1 Å². The molecule has 20 heavy (non-hydrogen) atoms. The molecule has 0 aliphatic carbocycles. The van der Waals surface area contributed by atoms with Gasteiger partial charge in [-0.25, -0.2) is 0 Å². The van der Waals surface area contributed by atoms with Crippen LogP contribution in [0.25, 0.3) is 0 Å². The predicted molar refractivity (Wildman–Crippen MR) is 73.7 cm³/mol. The molecule has 3 amide bonds. The molecule has 0 bridgehead atoms. The molecule has 2 fully saturated rings. The summed E-state index contributed by atoms with van der Waals surface area (Å²) in [4.78, 5) is 39.4. The van der Waals surface area contributed by atoms with E-state index in [2.05, 4.69) is 11.9 Å². The highest BCUT2D eigenvalue weighted by atomic mass is 16.2. The number of nitrogens with one attached hydrogen (secondary N) is 1. The van der Waals surface area contributed by atoms with Crippen LogP contribution in [0.4, 0.5) is 0 Å². The van der Waals surface area contributed by atoms with Gasteiger partial charge < -0.3 is 15.1 Å². The van der Waals surface area contributed by atoms with Crippen LogP contribution < -0.4 is 5.32 Å².